The lowest BCUT2D eigenvalue weighted by Crippen LogP contribution is -2.39. The molecule has 1 aliphatic heterocycles. The Kier molecular flexibility index (Phi) is 4.78. The normalized spacial score (nSPS) is 20.2. The van der Waals surface area contributed by atoms with Crippen molar-refractivity contribution < 1.29 is 4.79 Å². The molecule has 2 N–H and O–H groups in total. The van der Waals surface area contributed by atoms with Crippen LogP contribution in [0.15, 0.2) is 22.7 Å². The number of nitrogens with one attached hydrogen (secondary N) is 2. The summed E-state index contributed by atoms with van der Waals surface area (Å²) in [6.07, 6.45) is 4.45. The van der Waals surface area contributed by atoms with Crippen LogP contribution < -0.4 is 10.6 Å². The topological polar surface area (TPSA) is 41.1 Å². The van der Waals surface area contributed by atoms with Gasteiger partial charge in [0.1, 0.15) is 0 Å². The van der Waals surface area contributed by atoms with Crippen LogP contribution in [-0.2, 0) is 4.79 Å². The largest absolute Gasteiger partial charge is 0.325 e. The maximum absolute atomic E-state index is 12.1. The second kappa shape index (κ2) is 6.34. The van der Waals surface area contributed by atoms with Crippen molar-refractivity contribution in [2.75, 3.05) is 11.9 Å². The lowest BCUT2D eigenvalue weighted by molar-refractivity contribution is -0.118. The van der Waals surface area contributed by atoms with Crippen LogP contribution in [0, 0.1) is 6.92 Å². The van der Waals surface area contributed by atoms with Gasteiger partial charge in [-0.05, 0) is 50.1 Å². The molecule has 0 bridgehead atoms. The second-order valence-electron chi connectivity index (χ2n) is 4.81. The summed E-state index contributed by atoms with van der Waals surface area (Å²) in [5.74, 6) is 0.0821. The van der Waals surface area contributed by atoms with E-state index < -0.39 is 0 Å². The number of halogens is 1. The van der Waals surface area contributed by atoms with E-state index in [-0.39, 0.29) is 11.9 Å². The van der Waals surface area contributed by atoms with E-state index >= 15 is 0 Å². The molecule has 18 heavy (non-hydrogen) atoms. The van der Waals surface area contributed by atoms with Crippen LogP contribution in [0.3, 0.4) is 0 Å². The molecular formula is C14H19BrN2O. The highest BCUT2D eigenvalue weighted by Crippen LogP contribution is 2.20. The fourth-order valence-electron chi connectivity index (χ4n) is 2.20. The summed E-state index contributed by atoms with van der Waals surface area (Å²) < 4.78 is 1.06. The molecule has 3 nitrogen and oxygen atoms in total. The van der Waals surface area contributed by atoms with Crippen LogP contribution in [0.5, 0.6) is 0 Å². The Balaban J connectivity index is 1.99. The summed E-state index contributed by atoms with van der Waals surface area (Å²) in [6, 6.07) is 5.83. The molecule has 0 radical (unpaired) electrons. The SMILES string of the molecule is Cc1cc(NC(=O)C2CCCCCN2)ccc1Br. The number of anilines is 1. The van der Waals surface area contributed by atoms with Crippen molar-refractivity contribution in [2.24, 2.45) is 0 Å². The predicted molar refractivity (Wildman–Crippen MR) is 77.8 cm³/mol. The van der Waals surface area contributed by atoms with Crippen molar-refractivity contribution in [1.29, 1.82) is 0 Å². The molecule has 0 saturated carbocycles. The molecule has 1 atom stereocenters. The molecule has 1 aromatic carbocycles. The van der Waals surface area contributed by atoms with Gasteiger partial charge in [-0.2, -0.15) is 0 Å². The second-order valence-corrected chi connectivity index (χ2v) is 5.66. The summed E-state index contributed by atoms with van der Waals surface area (Å²) in [7, 11) is 0. The maximum Gasteiger partial charge on any atom is 0.241 e. The molecule has 0 aliphatic carbocycles. The van der Waals surface area contributed by atoms with Crippen molar-refractivity contribution in [1.82, 2.24) is 5.32 Å². The van der Waals surface area contributed by atoms with Crippen LogP contribution >= 0.6 is 15.9 Å². The number of hydrogen-bond donors (Lipinski definition) is 2. The van der Waals surface area contributed by atoms with E-state index in [2.05, 4.69) is 26.6 Å². The van der Waals surface area contributed by atoms with E-state index in [1.54, 1.807) is 0 Å². The monoisotopic (exact) mass is 310 g/mol. The molecule has 1 saturated heterocycles. The lowest BCUT2D eigenvalue weighted by atomic mass is 10.1. The Bertz CT molecular complexity index is 426. The van der Waals surface area contributed by atoms with Gasteiger partial charge in [-0.3, -0.25) is 4.79 Å². The van der Waals surface area contributed by atoms with Gasteiger partial charge >= 0.3 is 0 Å². The van der Waals surface area contributed by atoms with Crippen LogP contribution in [0.2, 0.25) is 0 Å². The van der Waals surface area contributed by atoms with Gasteiger partial charge in [0, 0.05) is 10.2 Å². The number of carbonyl (C=O) groups is 1. The molecular weight excluding hydrogens is 292 g/mol. The first-order valence-corrected chi connectivity index (χ1v) is 7.26. The van der Waals surface area contributed by atoms with Gasteiger partial charge in [0.05, 0.1) is 6.04 Å². The molecule has 1 unspecified atom stereocenters. The predicted octanol–water partition coefficient (Wildman–Crippen LogP) is 3.23. The van der Waals surface area contributed by atoms with Crippen molar-refractivity contribution in [3.05, 3.63) is 28.2 Å². The van der Waals surface area contributed by atoms with Gasteiger partial charge in [0.2, 0.25) is 5.91 Å². The number of aryl methyl sites for hydroxylation is 1. The van der Waals surface area contributed by atoms with E-state index in [9.17, 15) is 4.79 Å². The molecule has 1 fully saturated rings. The van der Waals surface area contributed by atoms with Crippen LogP contribution in [0.4, 0.5) is 5.69 Å². The molecule has 4 heteroatoms. The fourth-order valence-corrected chi connectivity index (χ4v) is 2.45. The molecule has 1 heterocycles. The Labute approximate surface area is 116 Å². The Morgan fingerprint density at radius 1 is 1.39 bits per heavy atom. The average molecular weight is 311 g/mol. The summed E-state index contributed by atoms with van der Waals surface area (Å²) in [4.78, 5) is 12.1. The van der Waals surface area contributed by atoms with Crippen molar-refractivity contribution in [3.63, 3.8) is 0 Å². The van der Waals surface area contributed by atoms with Crippen molar-refractivity contribution >= 4 is 27.5 Å². The van der Waals surface area contributed by atoms with Gasteiger partial charge < -0.3 is 10.6 Å². The smallest absolute Gasteiger partial charge is 0.241 e. The number of carbonyl (C=O) groups excluding carboxylic acids is 1. The first-order chi connectivity index (χ1) is 8.66. The molecule has 98 valence electrons. The fraction of sp³-hybridized carbons (Fsp3) is 0.500. The van der Waals surface area contributed by atoms with Crippen molar-refractivity contribution in [2.45, 2.75) is 38.6 Å². The molecule has 1 amide bonds. The molecule has 1 aliphatic rings. The first-order valence-electron chi connectivity index (χ1n) is 6.47. The van der Waals surface area contributed by atoms with Crippen LogP contribution in [0.1, 0.15) is 31.2 Å². The van der Waals surface area contributed by atoms with Gasteiger partial charge in [0.25, 0.3) is 0 Å². The van der Waals surface area contributed by atoms with E-state index in [4.69, 9.17) is 0 Å². The zero-order valence-corrected chi connectivity index (χ0v) is 12.2. The summed E-state index contributed by atoms with van der Waals surface area (Å²) in [5, 5.41) is 6.29. The van der Waals surface area contributed by atoms with Crippen LogP contribution in [0.25, 0.3) is 0 Å². The van der Waals surface area contributed by atoms with E-state index in [0.29, 0.717) is 0 Å². The first kappa shape index (κ1) is 13.6. The minimum Gasteiger partial charge on any atom is -0.325 e. The van der Waals surface area contributed by atoms with Crippen molar-refractivity contribution in [3.8, 4) is 0 Å². The number of rotatable bonds is 2. The lowest BCUT2D eigenvalue weighted by Gasteiger charge is -2.16. The minimum atomic E-state index is -0.0450. The van der Waals surface area contributed by atoms with E-state index in [0.717, 1.165) is 35.1 Å². The van der Waals surface area contributed by atoms with Gasteiger partial charge in [0.15, 0.2) is 0 Å². The standard InChI is InChI=1S/C14H19BrN2O/c1-10-9-11(6-7-12(10)15)17-14(18)13-5-3-2-4-8-16-13/h6-7,9,13,16H,2-5,8H2,1H3,(H,17,18). The van der Waals surface area contributed by atoms with E-state index in [1.165, 1.54) is 12.8 Å². The van der Waals surface area contributed by atoms with Gasteiger partial charge in [-0.15, -0.1) is 0 Å². The van der Waals surface area contributed by atoms with E-state index in [1.807, 2.05) is 25.1 Å². The third kappa shape index (κ3) is 3.56. The zero-order valence-electron chi connectivity index (χ0n) is 10.6. The maximum atomic E-state index is 12.1. The number of hydrogen-bond acceptors (Lipinski definition) is 2. The minimum absolute atomic E-state index is 0.0450. The summed E-state index contributed by atoms with van der Waals surface area (Å²) in [5.41, 5.74) is 1.99. The summed E-state index contributed by atoms with van der Waals surface area (Å²) >= 11 is 3.46. The Hall–Kier alpha value is -0.870. The zero-order chi connectivity index (χ0) is 13.0. The third-order valence-electron chi connectivity index (χ3n) is 3.30. The van der Waals surface area contributed by atoms with Gasteiger partial charge in [-0.25, -0.2) is 0 Å². The highest BCUT2D eigenvalue weighted by atomic mass is 79.9. The quantitative estimate of drug-likeness (QED) is 0.880. The Morgan fingerprint density at radius 3 is 3.00 bits per heavy atom. The average Bonchev–Trinajstić information content (AvgIpc) is 2.62. The van der Waals surface area contributed by atoms with Crippen LogP contribution in [-0.4, -0.2) is 18.5 Å². The molecule has 0 spiro atoms. The highest BCUT2D eigenvalue weighted by molar-refractivity contribution is 9.10. The third-order valence-corrected chi connectivity index (χ3v) is 4.19. The highest BCUT2D eigenvalue weighted by Gasteiger charge is 2.19. The van der Waals surface area contributed by atoms with Gasteiger partial charge in [-0.1, -0.05) is 28.8 Å². The molecule has 0 aromatic heterocycles. The Morgan fingerprint density at radius 2 is 2.22 bits per heavy atom. The summed E-state index contributed by atoms with van der Waals surface area (Å²) in [6.45, 7) is 2.96. The molecule has 2 rings (SSSR count). The molecule has 1 aromatic rings. The number of amides is 1. The number of benzene rings is 1.